The molecule has 1 aromatic heterocycles. The van der Waals surface area contributed by atoms with E-state index in [1.807, 2.05) is 30.3 Å². The van der Waals surface area contributed by atoms with Crippen molar-refractivity contribution in [1.29, 1.82) is 0 Å². The predicted molar refractivity (Wildman–Crippen MR) is 117 cm³/mol. The van der Waals surface area contributed by atoms with Gasteiger partial charge in [-0.3, -0.25) is 0 Å². The first kappa shape index (κ1) is 20.2. The molecule has 0 aliphatic carbocycles. The largest absolute Gasteiger partial charge is 0.507 e. The molecule has 0 radical (unpaired) electrons. The summed E-state index contributed by atoms with van der Waals surface area (Å²) >= 11 is 0. The average Bonchev–Trinajstić information content (AvgIpc) is 3.29. The van der Waals surface area contributed by atoms with Gasteiger partial charge in [-0.25, -0.2) is 4.79 Å². The number of hydrogen-bond donors (Lipinski definition) is 2. The summed E-state index contributed by atoms with van der Waals surface area (Å²) in [5.74, 6) is -0.552. The number of fused-ring (bicyclic) bond motifs is 1. The first-order chi connectivity index (χ1) is 14.7. The van der Waals surface area contributed by atoms with Crippen LogP contribution in [0.5, 0.6) is 5.75 Å². The van der Waals surface area contributed by atoms with Crippen LogP contribution in [0, 0.1) is 0 Å². The molecule has 4 rings (SSSR count). The molecule has 6 heteroatoms. The Kier molecular flexibility index (Phi) is 6.14. The molecule has 156 valence electrons. The predicted octanol–water partition coefficient (Wildman–Crippen LogP) is 4.34. The minimum atomic E-state index is -0.572. The van der Waals surface area contributed by atoms with Crippen LogP contribution in [0.25, 0.3) is 11.0 Å². The second-order valence-corrected chi connectivity index (χ2v) is 7.78. The van der Waals surface area contributed by atoms with E-state index in [9.17, 15) is 15.1 Å². The summed E-state index contributed by atoms with van der Waals surface area (Å²) in [6.45, 7) is 2.95. The fraction of sp³-hybridized carbons (Fsp3) is 0.333. The number of nitrogens with zero attached hydrogens (tertiary/aromatic N) is 2. The second-order valence-electron chi connectivity index (χ2n) is 7.78. The van der Waals surface area contributed by atoms with E-state index < -0.39 is 11.5 Å². The van der Waals surface area contributed by atoms with Crippen LogP contribution in [-0.2, 0) is 0 Å². The van der Waals surface area contributed by atoms with Gasteiger partial charge >= 0.3 is 5.63 Å². The molecule has 1 aliphatic heterocycles. The van der Waals surface area contributed by atoms with Crippen molar-refractivity contribution in [3.8, 4) is 5.75 Å². The Balaban J connectivity index is 1.70. The summed E-state index contributed by atoms with van der Waals surface area (Å²) in [6, 6.07) is 16.4. The maximum absolute atomic E-state index is 12.9. The van der Waals surface area contributed by atoms with Crippen molar-refractivity contribution < 1.29 is 14.7 Å². The number of likely N-dealkylation sites (tertiary alicyclic amines) is 1. The lowest BCUT2D eigenvalue weighted by atomic mass is 9.86. The lowest BCUT2D eigenvalue weighted by molar-refractivity contribution is 0.310. The Morgan fingerprint density at radius 2 is 1.77 bits per heavy atom. The highest BCUT2D eigenvalue weighted by Crippen LogP contribution is 2.36. The van der Waals surface area contributed by atoms with Gasteiger partial charge < -0.3 is 19.6 Å². The third-order valence-electron chi connectivity index (χ3n) is 5.87. The molecule has 1 atom stereocenters. The Morgan fingerprint density at radius 1 is 1.07 bits per heavy atom. The normalized spacial score (nSPS) is 16.2. The number of rotatable bonds is 7. The van der Waals surface area contributed by atoms with Crippen molar-refractivity contribution in [2.75, 3.05) is 19.6 Å². The summed E-state index contributed by atoms with van der Waals surface area (Å²) in [5.41, 5.74) is 1.43. The lowest BCUT2D eigenvalue weighted by Gasteiger charge is -2.20. The van der Waals surface area contributed by atoms with E-state index >= 15 is 0 Å². The van der Waals surface area contributed by atoms with Gasteiger partial charge in [-0.05, 0) is 43.6 Å². The smallest absolute Gasteiger partial charge is 0.343 e. The molecule has 3 aromatic rings. The number of para-hydroxylation sites is 1. The Hall–Kier alpha value is -3.12. The molecule has 0 amide bonds. The molecule has 2 N–H and O–H groups in total. The number of aromatic hydroxyl groups is 1. The maximum atomic E-state index is 12.9. The van der Waals surface area contributed by atoms with Gasteiger partial charge in [0.1, 0.15) is 11.3 Å². The van der Waals surface area contributed by atoms with E-state index in [0.717, 1.165) is 25.2 Å². The Bertz CT molecular complexity index is 1090. The summed E-state index contributed by atoms with van der Waals surface area (Å²) in [7, 11) is 0. The van der Waals surface area contributed by atoms with Crippen molar-refractivity contribution in [1.82, 2.24) is 4.90 Å². The molecule has 1 aliphatic rings. The van der Waals surface area contributed by atoms with Gasteiger partial charge in [0, 0.05) is 25.3 Å². The van der Waals surface area contributed by atoms with Crippen molar-refractivity contribution in [3.63, 3.8) is 0 Å². The first-order valence-electron chi connectivity index (χ1n) is 10.4. The zero-order valence-electron chi connectivity index (χ0n) is 16.8. The van der Waals surface area contributed by atoms with Gasteiger partial charge in [0.15, 0.2) is 0 Å². The molecule has 1 fully saturated rings. The minimum absolute atomic E-state index is 0.0764. The third kappa shape index (κ3) is 4.24. The van der Waals surface area contributed by atoms with Gasteiger partial charge in [-0.1, -0.05) is 47.6 Å². The van der Waals surface area contributed by atoms with Crippen molar-refractivity contribution in [2.24, 2.45) is 5.16 Å². The molecule has 6 nitrogen and oxygen atoms in total. The standard InChI is InChI=1S/C24H26N2O4/c27-23-19-10-4-5-11-21(19)30-24(28)22(23)20(17-8-2-1-3-9-17)16-18(25-29)12-15-26-13-6-7-14-26/h1-5,8-11,20,27,29H,6-7,12-16H2/b25-18+. The van der Waals surface area contributed by atoms with Gasteiger partial charge in [0.05, 0.1) is 16.7 Å². The zero-order chi connectivity index (χ0) is 20.9. The van der Waals surface area contributed by atoms with Crippen LogP contribution in [0.1, 0.15) is 42.7 Å². The maximum Gasteiger partial charge on any atom is 0.343 e. The van der Waals surface area contributed by atoms with Crippen molar-refractivity contribution in [2.45, 2.75) is 31.6 Å². The van der Waals surface area contributed by atoms with Gasteiger partial charge in [-0.2, -0.15) is 0 Å². The quantitative estimate of drug-likeness (QED) is 0.264. The van der Waals surface area contributed by atoms with Crippen LogP contribution in [0.3, 0.4) is 0 Å². The molecule has 2 heterocycles. The Labute approximate surface area is 175 Å². The molecule has 0 bridgehead atoms. The highest BCUT2D eigenvalue weighted by molar-refractivity contribution is 5.87. The van der Waals surface area contributed by atoms with Crippen LogP contribution >= 0.6 is 0 Å². The fourth-order valence-electron chi connectivity index (χ4n) is 4.25. The number of oxime groups is 1. The Morgan fingerprint density at radius 3 is 2.50 bits per heavy atom. The fourth-order valence-corrected chi connectivity index (χ4v) is 4.25. The van der Waals surface area contributed by atoms with Gasteiger partial charge in [0.2, 0.25) is 0 Å². The van der Waals surface area contributed by atoms with E-state index in [1.165, 1.54) is 12.8 Å². The SMILES string of the molecule is O=c1oc2ccccc2c(O)c1C(C/C(CCN1CCCC1)=N/O)c1ccccc1. The molecule has 0 saturated carbocycles. The molecule has 2 aromatic carbocycles. The van der Waals surface area contributed by atoms with Gasteiger partial charge in [-0.15, -0.1) is 0 Å². The summed E-state index contributed by atoms with van der Waals surface area (Å²) in [4.78, 5) is 15.2. The topological polar surface area (TPSA) is 86.3 Å². The molecule has 1 unspecified atom stereocenters. The van der Waals surface area contributed by atoms with Crippen molar-refractivity contribution >= 4 is 16.7 Å². The molecule has 1 saturated heterocycles. The van der Waals surface area contributed by atoms with E-state index in [4.69, 9.17) is 4.42 Å². The first-order valence-corrected chi connectivity index (χ1v) is 10.4. The molecule has 30 heavy (non-hydrogen) atoms. The third-order valence-corrected chi connectivity index (χ3v) is 5.87. The summed E-state index contributed by atoms with van der Waals surface area (Å²) < 4.78 is 5.51. The monoisotopic (exact) mass is 406 g/mol. The minimum Gasteiger partial charge on any atom is -0.507 e. The molecular formula is C24H26N2O4. The lowest BCUT2D eigenvalue weighted by Crippen LogP contribution is -2.24. The zero-order valence-corrected chi connectivity index (χ0v) is 16.8. The second kappa shape index (κ2) is 9.13. The number of hydrogen-bond acceptors (Lipinski definition) is 6. The van der Waals surface area contributed by atoms with Crippen LogP contribution in [0.4, 0.5) is 0 Å². The summed E-state index contributed by atoms with van der Waals surface area (Å²) in [5, 5.41) is 24.7. The van der Waals surface area contributed by atoms with Crippen molar-refractivity contribution in [3.05, 3.63) is 76.1 Å². The average molecular weight is 406 g/mol. The number of benzene rings is 2. The highest BCUT2D eigenvalue weighted by Gasteiger charge is 2.26. The van der Waals surface area contributed by atoms with Gasteiger partial charge in [0.25, 0.3) is 0 Å². The molecule has 0 spiro atoms. The van der Waals surface area contributed by atoms with Crippen LogP contribution in [-0.4, -0.2) is 40.6 Å². The highest BCUT2D eigenvalue weighted by atomic mass is 16.4. The van der Waals surface area contributed by atoms with E-state index in [-0.39, 0.29) is 11.3 Å². The van der Waals surface area contributed by atoms with E-state index in [2.05, 4.69) is 10.1 Å². The molecular weight excluding hydrogens is 380 g/mol. The van der Waals surface area contributed by atoms with Crippen LogP contribution in [0.2, 0.25) is 0 Å². The van der Waals surface area contributed by atoms with E-state index in [1.54, 1.807) is 24.3 Å². The summed E-state index contributed by atoms with van der Waals surface area (Å²) in [6.07, 6.45) is 3.33. The van der Waals surface area contributed by atoms with Crippen LogP contribution < -0.4 is 5.63 Å². The van der Waals surface area contributed by atoms with E-state index in [0.29, 0.717) is 29.5 Å². The van der Waals surface area contributed by atoms with Crippen LogP contribution in [0.15, 0.2) is 69.0 Å².